The normalized spacial score (nSPS) is 10.8. The van der Waals surface area contributed by atoms with E-state index in [1.54, 1.807) is 30.3 Å². The Kier molecular flexibility index (Phi) is 10.1. The van der Waals surface area contributed by atoms with E-state index < -0.39 is 22.5 Å². The number of anilines is 1. The number of carbonyl (C=O) groups is 1. The molecule has 0 aliphatic carbocycles. The Bertz CT molecular complexity index is 1380. The maximum atomic E-state index is 13.9. The first-order valence-electron chi connectivity index (χ1n) is 11.8. The minimum Gasteiger partial charge on any atom is -0.497 e. The Morgan fingerprint density at radius 2 is 1.36 bits per heavy atom. The van der Waals surface area contributed by atoms with E-state index in [4.69, 9.17) is 28.4 Å². The first-order valence-corrected chi connectivity index (χ1v) is 13.2. The smallest absolute Gasteiger partial charge is 0.265 e. The summed E-state index contributed by atoms with van der Waals surface area (Å²) in [4.78, 5) is 12.9. The minimum atomic E-state index is -4.29. The van der Waals surface area contributed by atoms with E-state index in [1.165, 1.54) is 59.8 Å². The second-order valence-electron chi connectivity index (χ2n) is 7.92. The monoisotopic (exact) mass is 560 g/mol. The topological polar surface area (TPSA) is 122 Å². The Morgan fingerprint density at radius 3 is 2.00 bits per heavy atom. The number of nitrogens with one attached hydrogen (secondary N) is 1. The number of para-hydroxylation sites is 2. The van der Waals surface area contributed by atoms with Crippen LogP contribution in [0.25, 0.3) is 0 Å². The van der Waals surface area contributed by atoms with Crippen molar-refractivity contribution in [3.8, 4) is 34.5 Å². The van der Waals surface area contributed by atoms with Crippen LogP contribution in [-0.2, 0) is 14.8 Å². The average molecular weight is 561 g/mol. The standard InChI is InChI=1S/C27H32N2O9S/c1-33-19-10-12-22(34-2)21(16-19)29(39(31,32)20-11-13-24(36-4)26(17-20)37-5)18-27(30)28-14-15-38-25-9-7-6-8-23(25)35-3/h6-13,16-17H,14-15,18H2,1-5H3,(H,28,30). The van der Waals surface area contributed by atoms with Gasteiger partial charge >= 0.3 is 0 Å². The summed E-state index contributed by atoms with van der Waals surface area (Å²) in [6.07, 6.45) is 0. The van der Waals surface area contributed by atoms with E-state index in [-0.39, 0.29) is 35.2 Å². The molecular formula is C27H32N2O9S. The van der Waals surface area contributed by atoms with Gasteiger partial charge in [0.05, 0.1) is 52.7 Å². The predicted molar refractivity (Wildman–Crippen MR) is 145 cm³/mol. The Labute approximate surface area is 228 Å². The Balaban J connectivity index is 1.88. The number of methoxy groups -OCH3 is 5. The number of hydrogen-bond donors (Lipinski definition) is 1. The lowest BCUT2D eigenvalue weighted by Crippen LogP contribution is -2.42. The van der Waals surface area contributed by atoms with Gasteiger partial charge in [-0.05, 0) is 36.4 Å². The summed E-state index contributed by atoms with van der Waals surface area (Å²) in [5.41, 5.74) is 0.118. The van der Waals surface area contributed by atoms with Crippen LogP contribution in [0.5, 0.6) is 34.5 Å². The fraction of sp³-hybridized carbons (Fsp3) is 0.296. The van der Waals surface area contributed by atoms with Gasteiger partial charge in [0, 0.05) is 12.1 Å². The van der Waals surface area contributed by atoms with Crippen LogP contribution in [0.1, 0.15) is 0 Å². The summed E-state index contributed by atoms with van der Waals surface area (Å²) >= 11 is 0. The number of nitrogens with zero attached hydrogens (tertiary/aromatic N) is 1. The van der Waals surface area contributed by atoms with Crippen LogP contribution in [0, 0.1) is 0 Å². The fourth-order valence-corrected chi connectivity index (χ4v) is 5.11. The highest BCUT2D eigenvalue weighted by Crippen LogP contribution is 2.37. The Morgan fingerprint density at radius 1 is 0.744 bits per heavy atom. The van der Waals surface area contributed by atoms with Crippen molar-refractivity contribution in [2.75, 3.05) is 59.6 Å². The predicted octanol–water partition coefficient (Wildman–Crippen LogP) is 3.12. The lowest BCUT2D eigenvalue weighted by molar-refractivity contribution is -0.119. The largest absolute Gasteiger partial charge is 0.497 e. The fourth-order valence-electron chi connectivity index (χ4n) is 3.67. The van der Waals surface area contributed by atoms with Gasteiger partial charge in [0.1, 0.15) is 24.7 Å². The zero-order valence-corrected chi connectivity index (χ0v) is 23.2. The summed E-state index contributed by atoms with van der Waals surface area (Å²) in [6.45, 7) is -0.289. The van der Waals surface area contributed by atoms with Crippen molar-refractivity contribution < 1.29 is 41.6 Å². The molecule has 0 aliphatic rings. The van der Waals surface area contributed by atoms with Gasteiger partial charge in [-0.15, -0.1) is 0 Å². The molecule has 3 aromatic rings. The SMILES string of the molecule is COc1ccc(OC)c(N(CC(=O)NCCOc2ccccc2OC)S(=O)(=O)c2ccc(OC)c(OC)c2)c1. The number of ether oxygens (including phenoxy) is 6. The molecule has 0 radical (unpaired) electrons. The van der Waals surface area contributed by atoms with Gasteiger partial charge in [-0.1, -0.05) is 12.1 Å². The second-order valence-corrected chi connectivity index (χ2v) is 9.78. The molecule has 0 unspecified atom stereocenters. The van der Waals surface area contributed by atoms with E-state index in [9.17, 15) is 13.2 Å². The van der Waals surface area contributed by atoms with Crippen molar-refractivity contribution in [2.45, 2.75) is 4.90 Å². The zero-order chi connectivity index (χ0) is 28.4. The molecule has 1 amide bonds. The molecule has 3 rings (SSSR count). The second kappa shape index (κ2) is 13.5. The van der Waals surface area contributed by atoms with Gasteiger partial charge in [-0.25, -0.2) is 8.42 Å². The molecule has 0 heterocycles. The van der Waals surface area contributed by atoms with Crippen LogP contribution in [0.3, 0.4) is 0 Å². The molecule has 1 N–H and O–H groups in total. The van der Waals surface area contributed by atoms with Crippen LogP contribution >= 0.6 is 0 Å². The molecule has 39 heavy (non-hydrogen) atoms. The quantitative estimate of drug-likeness (QED) is 0.296. The maximum Gasteiger partial charge on any atom is 0.265 e. The van der Waals surface area contributed by atoms with E-state index in [0.717, 1.165) is 4.31 Å². The minimum absolute atomic E-state index is 0.114. The van der Waals surface area contributed by atoms with Gasteiger partial charge in [-0.2, -0.15) is 0 Å². The highest BCUT2D eigenvalue weighted by atomic mass is 32.2. The van der Waals surface area contributed by atoms with Crippen LogP contribution in [-0.4, -0.2) is 69.6 Å². The highest BCUT2D eigenvalue weighted by Gasteiger charge is 2.31. The van der Waals surface area contributed by atoms with Crippen molar-refractivity contribution >= 4 is 21.6 Å². The van der Waals surface area contributed by atoms with E-state index in [1.807, 2.05) is 6.07 Å². The van der Waals surface area contributed by atoms with Crippen molar-refractivity contribution in [2.24, 2.45) is 0 Å². The van der Waals surface area contributed by atoms with Crippen molar-refractivity contribution in [1.29, 1.82) is 0 Å². The zero-order valence-electron chi connectivity index (χ0n) is 22.4. The van der Waals surface area contributed by atoms with Crippen LogP contribution in [0.4, 0.5) is 5.69 Å². The summed E-state index contributed by atoms with van der Waals surface area (Å²) in [6, 6.07) is 15.9. The number of carbonyl (C=O) groups excluding carboxylic acids is 1. The van der Waals surface area contributed by atoms with Gasteiger partial charge in [0.25, 0.3) is 10.0 Å². The van der Waals surface area contributed by atoms with Gasteiger partial charge in [0.2, 0.25) is 5.91 Å². The first kappa shape index (κ1) is 29.2. The molecule has 3 aromatic carbocycles. The van der Waals surface area contributed by atoms with Gasteiger partial charge < -0.3 is 33.7 Å². The summed E-state index contributed by atoms with van der Waals surface area (Å²) in [7, 11) is 2.94. The number of benzene rings is 3. The van der Waals surface area contributed by atoms with Crippen LogP contribution in [0.15, 0.2) is 65.6 Å². The molecule has 210 valence electrons. The lowest BCUT2D eigenvalue weighted by Gasteiger charge is -2.26. The van der Waals surface area contributed by atoms with Gasteiger partial charge in [0.15, 0.2) is 23.0 Å². The number of sulfonamides is 1. The van der Waals surface area contributed by atoms with Crippen molar-refractivity contribution in [3.63, 3.8) is 0 Å². The third kappa shape index (κ3) is 6.96. The molecule has 0 saturated heterocycles. The maximum absolute atomic E-state index is 13.9. The van der Waals surface area contributed by atoms with E-state index in [0.29, 0.717) is 23.0 Å². The average Bonchev–Trinajstić information content (AvgIpc) is 2.97. The highest BCUT2D eigenvalue weighted by molar-refractivity contribution is 7.92. The molecule has 11 nitrogen and oxygen atoms in total. The van der Waals surface area contributed by atoms with Crippen LogP contribution < -0.4 is 38.0 Å². The molecule has 0 atom stereocenters. The summed E-state index contributed by atoms with van der Waals surface area (Å²) < 4.78 is 60.9. The molecule has 0 fully saturated rings. The van der Waals surface area contributed by atoms with Gasteiger partial charge in [-0.3, -0.25) is 9.10 Å². The Hall–Kier alpha value is -4.32. The van der Waals surface area contributed by atoms with E-state index in [2.05, 4.69) is 5.32 Å². The summed E-state index contributed by atoms with van der Waals surface area (Å²) in [5, 5.41) is 2.69. The van der Waals surface area contributed by atoms with E-state index >= 15 is 0 Å². The molecule has 12 heteroatoms. The van der Waals surface area contributed by atoms with Crippen molar-refractivity contribution in [3.05, 3.63) is 60.7 Å². The van der Waals surface area contributed by atoms with Crippen molar-refractivity contribution in [1.82, 2.24) is 5.32 Å². The van der Waals surface area contributed by atoms with Crippen LogP contribution in [0.2, 0.25) is 0 Å². The summed E-state index contributed by atoms with van der Waals surface area (Å²) in [5.74, 6) is 1.70. The number of rotatable bonds is 14. The first-order chi connectivity index (χ1) is 18.8. The molecule has 0 aliphatic heterocycles. The molecule has 0 aromatic heterocycles. The molecule has 0 saturated carbocycles. The lowest BCUT2D eigenvalue weighted by atomic mass is 10.2. The third-order valence-corrected chi connectivity index (χ3v) is 7.39. The number of amides is 1. The molecular weight excluding hydrogens is 528 g/mol. The third-order valence-electron chi connectivity index (χ3n) is 5.64. The molecule has 0 spiro atoms. The molecule has 0 bridgehead atoms. The number of hydrogen-bond acceptors (Lipinski definition) is 9.